The summed E-state index contributed by atoms with van der Waals surface area (Å²) >= 11 is 0. The second kappa shape index (κ2) is 5.27. The standard InChI is InChI=1S/C13H22BFO3Si/c1-9-7-8-10(14(16)17)11(15)12(9)18-19(5,6)13(2,3)4/h7-8,16-17H,1-6H3. The van der Waals surface area contributed by atoms with Gasteiger partial charge in [0.25, 0.3) is 8.32 Å². The number of hydrogen-bond donors (Lipinski definition) is 2. The fourth-order valence-electron chi connectivity index (χ4n) is 1.40. The minimum atomic E-state index is -2.17. The van der Waals surface area contributed by atoms with E-state index >= 15 is 0 Å². The van der Waals surface area contributed by atoms with E-state index in [0.717, 1.165) is 0 Å². The van der Waals surface area contributed by atoms with Crippen molar-refractivity contribution in [3.8, 4) is 5.75 Å². The zero-order valence-corrected chi connectivity index (χ0v) is 13.4. The molecular weight excluding hydrogens is 262 g/mol. The molecule has 106 valence electrons. The lowest BCUT2D eigenvalue weighted by Crippen LogP contribution is -2.45. The zero-order valence-electron chi connectivity index (χ0n) is 12.4. The van der Waals surface area contributed by atoms with Crippen molar-refractivity contribution in [2.75, 3.05) is 0 Å². The lowest BCUT2D eigenvalue weighted by Gasteiger charge is -2.37. The molecule has 0 aliphatic carbocycles. The number of rotatable bonds is 3. The topological polar surface area (TPSA) is 49.7 Å². The van der Waals surface area contributed by atoms with Crippen LogP contribution in [0, 0.1) is 12.7 Å². The van der Waals surface area contributed by atoms with Crippen LogP contribution in [-0.4, -0.2) is 25.5 Å². The van der Waals surface area contributed by atoms with Gasteiger partial charge < -0.3 is 14.5 Å². The Morgan fingerprint density at radius 2 is 1.74 bits per heavy atom. The summed E-state index contributed by atoms with van der Waals surface area (Å²) in [5.74, 6) is -0.544. The Bertz CT molecular complexity index is 470. The molecule has 6 heteroatoms. The molecule has 19 heavy (non-hydrogen) atoms. The molecule has 0 fully saturated rings. The second-order valence-electron chi connectivity index (χ2n) is 6.35. The van der Waals surface area contributed by atoms with Gasteiger partial charge in [0.1, 0.15) is 5.75 Å². The fourth-order valence-corrected chi connectivity index (χ4v) is 2.47. The predicted molar refractivity (Wildman–Crippen MR) is 78.8 cm³/mol. The van der Waals surface area contributed by atoms with Gasteiger partial charge in [-0.3, -0.25) is 0 Å². The Kier molecular flexibility index (Phi) is 4.49. The van der Waals surface area contributed by atoms with Gasteiger partial charge in [-0.25, -0.2) is 4.39 Å². The lowest BCUT2D eigenvalue weighted by molar-refractivity contribution is 0.418. The van der Waals surface area contributed by atoms with Crippen LogP contribution in [0.5, 0.6) is 5.75 Å². The molecule has 1 rings (SSSR count). The van der Waals surface area contributed by atoms with Crippen molar-refractivity contribution in [1.29, 1.82) is 0 Å². The van der Waals surface area contributed by atoms with Crippen molar-refractivity contribution >= 4 is 20.9 Å². The van der Waals surface area contributed by atoms with Crippen molar-refractivity contribution in [1.82, 2.24) is 0 Å². The highest BCUT2D eigenvalue weighted by Crippen LogP contribution is 2.38. The monoisotopic (exact) mass is 284 g/mol. The molecule has 0 radical (unpaired) electrons. The van der Waals surface area contributed by atoms with Crippen LogP contribution in [-0.2, 0) is 0 Å². The molecule has 0 atom stereocenters. The van der Waals surface area contributed by atoms with Crippen LogP contribution in [0.3, 0.4) is 0 Å². The van der Waals surface area contributed by atoms with Gasteiger partial charge >= 0.3 is 7.12 Å². The van der Waals surface area contributed by atoms with Crippen LogP contribution in [0.1, 0.15) is 26.3 Å². The minimum absolute atomic E-state index is 0.0558. The predicted octanol–water partition coefficient (Wildman–Crippen LogP) is 2.20. The molecule has 0 spiro atoms. The maximum atomic E-state index is 14.3. The van der Waals surface area contributed by atoms with Gasteiger partial charge in [-0.15, -0.1) is 0 Å². The first-order chi connectivity index (χ1) is 8.47. The van der Waals surface area contributed by atoms with Gasteiger partial charge in [0.05, 0.1) is 0 Å². The van der Waals surface area contributed by atoms with Crippen LogP contribution >= 0.6 is 0 Å². The number of hydrogen-bond acceptors (Lipinski definition) is 3. The number of halogens is 1. The van der Waals surface area contributed by atoms with E-state index in [-0.39, 0.29) is 16.3 Å². The van der Waals surface area contributed by atoms with E-state index in [2.05, 4.69) is 20.8 Å². The molecule has 0 aliphatic rings. The highest BCUT2D eigenvalue weighted by atomic mass is 28.4. The highest BCUT2D eigenvalue weighted by Gasteiger charge is 2.40. The zero-order chi connectivity index (χ0) is 15.0. The molecule has 3 nitrogen and oxygen atoms in total. The summed E-state index contributed by atoms with van der Waals surface area (Å²) in [4.78, 5) is 0. The summed E-state index contributed by atoms with van der Waals surface area (Å²) in [5, 5.41) is 18.2. The molecule has 1 aromatic rings. The molecule has 0 saturated carbocycles. The summed E-state index contributed by atoms with van der Waals surface area (Å²) in [6, 6.07) is 3.01. The molecule has 0 saturated heterocycles. The van der Waals surface area contributed by atoms with Crippen molar-refractivity contribution in [2.45, 2.75) is 45.8 Å². The Morgan fingerprint density at radius 1 is 1.21 bits per heavy atom. The fraction of sp³-hybridized carbons (Fsp3) is 0.538. The molecule has 0 unspecified atom stereocenters. The Labute approximate surface area is 115 Å². The van der Waals surface area contributed by atoms with Gasteiger partial charge in [0, 0.05) is 5.46 Å². The molecular formula is C13H22BFO3Si. The second-order valence-corrected chi connectivity index (χ2v) is 11.1. The molecule has 0 aromatic heterocycles. The van der Waals surface area contributed by atoms with Gasteiger partial charge in [-0.05, 0) is 30.6 Å². The summed E-state index contributed by atoms with van der Waals surface area (Å²) in [6.45, 7) is 12.0. The smallest absolute Gasteiger partial charge is 0.491 e. The summed E-state index contributed by atoms with van der Waals surface area (Å²) in [6.07, 6.45) is 0. The Hall–Kier alpha value is -0.848. The van der Waals surface area contributed by atoms with Crippen LogP contribution < -0.4 is 9.89 Å². The third kappa shape index (κ3) is 3.38. The molecule has 1 aromatic carbocycles. The quantitative estimate of drug-likeness (QED) is 0.837. The van der Waals surface area contributed by atoms with Gasteiger partial charge in [-0.1, -0.05) is 32.9 Å². The third-order valence-electron chi connectivity index (χ3n) is 3.77. The van der Waals surface area contributed by atoms with E-state index in [1.165, 1.54) is 6.07 Å². The highest BCUT2D eigenvalue weighted by molar-refractivity contribution is 6.74. The van der Waals surface area contributed by atoms with Gasteiger partial charge in [0.2, 0.25) is 0 Å². The van der Waals surface area contributed by atoms with E-state index in [1.54, 1.807) is 13.0 Å². The first-order valence-corrected chi connectivity index (χ1v) is 9.22. The number of benzene rings is 1. The van der Waals surface area contributed by atoms with E-state index in [0.29, 0.717) is 5.56 Å². The summed E-state index contributed by atoms with van der Waals surface area (Å²) < 4.78 is 20.2. The Balaban J connectivity index is 3.25. The average molecular weight is 284 g/mol. The van der Waals surface area contributed by atoms with Crippen molar-refractivity contribution in [3.63, 3.8) is 0 Å². The Morgan fingerprint density at radius 3 is 2.16 bits per heavy atom. The maximum Gasteiger partial charge on any atom is 0.491 e. The number of aryl methyl sites for hydroxylation is 1. The molecule has 0 aliphatic heterocycles. The van der Waals surface area contributed by atoms with Crippen molar-refractivity contribution in [3.05, 3.63) is 23.5 Å². The maximum absolute atomic E-state index is 14.3. The van der Waals surface area contributed by atoms with Crippen LogP contribution in [0.2, 0.25) is 18.1 Å². The molecule has 0 heterocycles. The minimum Gasteiger partial charge on any atom is -0.541 e. The normalized spacial score (nSPS) is 12.5. The van der Waals surface area contributed by atoms with Crippen LogP contribution in [0.25, 0.3) is 0 Å². The molecule has 0 bridgehead atoms. The first-order valence-electron chi connectivity index (χ1n) is 6.31. The average Bonchev–Trinajstić information content (AvgIpc) is 2.21. The van der Waals surface area contributed by atoms with E-state index in [1.807, 2.05) is 13.1 Å². The van der Waals surface area contributed by atoms with Gasteiger partial charge in [0.15, 0.2) is 5.82 Å². The third-order valence-corrected chi connectivity index (χ3v) is 8.09. The summed E-state index contributed by atoms with van der Waals surface area (Å²) in [7, 11) is -4.00. The van der Waals surface area contributed by atoms with Crippen LogP contribution in [0.15, 0.2) is 12.1 Å². The largest absolute Gasteiger partial charge is 0.541 e. The summed E-state index contributed by atoms with van der Waals surface area (Å²) in [5.41, 5.74) is 0.506. The molecule has 0 amide bonds. The van der Waals surface area contributed by atoms with E-state index in [9.17, 15) is 4.39 Å². The van der Waals surface area contributed by atoms with Crippen molar-refractivity contribution in [2.24, 2.45) is 0 Å². The van der Waals surface area contributed by atoms with E-state index in [4.69, 9.17) is 14.5 Å². The van der Waals surface area contributed by atoms with E-state index < -0.39 is 21.3 Å². The van der Waals surface area contributed by atoms with Gasteiger partial charge in [-0.2, -0.15) is 0 Å². The molecule has 2 N–H and O–H groups in total. The SMILES string of the molecule is Cc1ccc(B(O)O)c(F)c1O[Si](C)(C)C(C)(C)C. The first kappa shape index (κ1) is 16.2. The van der Waals surface area contributed by atoms with Crippen molar-refractivity contribution < 1.29 is 18.9 Å². The lowest BCUT2D eigenvalue weighted by atomic mass is 9.79. The van der Waals surface area contributed by atoms with Crippen LogP contribution in [0.4, 0.5) is 4.39 Å².